The molecule has 2 N–H and O–H groups in total. The molecule has 0 bridgehead atoms. The largest absolute Gasteiger partial charge is 1.00 e. The van der Waals surface area contributed by atoms with Crippen LogP contribution in [0.15, 0.2) is 16.5 Å². The fourth-order valence-corrected chi connectivity index (χ4v) is 2.74. The molecule has 0 aliphatic carbocycles. The van der Waals surface area contributed by atoms with E-state index in [9.17, 15) is 4.79 Å². The van der Waals surface area contributed by atoms with Crippen LogP contribution >= 0.6 is 34.8 Å². The lowest BCUT2D eigenvalue weighted by atomic mass is 10.3. The zero-order valence-corrected chi connectivity index (χ0v) is 21.3. The summed E-state index contributed by atoms with van der Waals surface area (Å²) in [6, 6.07) is 0. The minimum Gasteiger partial charge on any atom is -1.00 e. The number of H-pyrrole nitrogens is 1. The van der Waals surface area contributed by atoms with E-state index in [2.05, 4.69) is 9.97 Å². The molecular weight excluding hydrogens is 571 g/mol. The topological polar surface area (TPSA) is 329 Å². The van der Waals surface area contributed by atoms with Gasteiger partial charge in [-0.15, -0.1) is 0 Å². The molecule has 0 spiro atoms. The first-order valence-electron chi connectivity index (χ1n) is 7.93. The summed E-state index contributed by atoms with van der Waals surface area (Å²) in [5.41, 5.74) is 3.61. The van der Waals surface area contributed by atoms with E-state index < -0.39 is 23.5 Å². The molecule has 0 aromatic carbocycles. The number of aromatic amines is 1. The van der Waals surface area contributed by atoms with Crippen molar-refractivity contribution in [3.05, 3.63) is 44.0 Å². The van der Waals surface area contributed by atoms with Crippen LogP contribution in [0.3, 0.4) is 0 Å². The molecule has 0 aliphatic rings. The van der Waals surface area contributed by atoms with Gasteiger partial charge >= 0.3 is 0 Å². The van der Waals surface area contributed by atoms with Crippen LogP contribution in [0.25, 0.3) is 0 Å². The van der Waals surface area contributed by atoms with Crippen LogP contribution in [-0.4, -0.2) is 21.7 Å². The van der Waals surface area contributed by atoms with Gasteiger partial charge in [-0.2, -0.15) is 28.0 Å². The lowest BCUT2D eigenvalue weighted by molar-refractivity contribution is -0.689. The van der Waals surface area contributed by atoms with Crippen molar-refractivity contribution in [2.45, 2.75) is 26.8 Å². The normalized spacial score (nSPS) is 10.9. The van der Waals surface area contributed by atoms with E-state index in [4.69, 9.17) is 62.8 Å². The third-order valence-electron chi connectivity index (χ3n) is 2.84. The zero-order valence-electron chi connectivity index (χ0n) is 17.1. The van der Waals surface area contributed by atoms with Crippen molar-refractivity contribution in [3.63, 3.8) is 0 Å². The van der Waals surface area contributed by atoms with Crippen LogP contribution in [-0.2, 0) is 26.7 Å². The van der Waals surface area contributed by atoms with Crippen LogP contribution in [0.2, 0.25) is 0 Å². The minimum absolute atomic E-state index is 0. The van der Waals surface area contributed by atoms with Crippen molar-refractivity contribution in [2.24, 2.45) is 0 Å². The Morgan fingerprint density at radius 3 is 1.74 bits per heavy atom. The van der Waals surface area contributed by atoms with E-state index in [0.717, 1.165) is 10.6 Å². The van der Waals surface area contributed by atoms with Crippen molar-refractivity contribution >= 4 is 34.8 Å². The number of nitrogens with zero attached hydrogens (tertiary/aromatic N) is 2. The molecule has 200 valence electrons. The van der Waals surface area contributed by atoms with Crippen LogP contribution < -0.4 is 66.6 Å². The van der Waals surface area contributed by atoms with Crippen LogP contribution in [0.1, 0.15) is 22.0 Å². The summed E-state index contributed by atoms with van der Waals surface area (Å²) in [7, 11) is -16.2. The van der Waals surface area contributed by atoms with Gasteiger partial charge in [-0.05, 0) is 6.92 Å². The first kappa shape index (κ1) is 37.6. The Morgan fingerprint density at radius 1 is 0.971 bits per heavy atom. The number of hydrogen-bond donors (Lipinski definition) is 2. The highest BCUT2D eigenvalue weighted by molar-refractivity contribution is 7.40. The van der Waals surface area contributed by atoms with Crippen molar-refractivity contribution in [1.82, 2.24) is 9.97 Å². The van der Waals surface area contributed by atoms with Gasteiger partial charge in [-0.3, -0.25) is 4.79 Å². The smallest absolute Gasteiger partial charge is 0.260 e. The fourth-order valence-electron chi connectivity index (χ4n) is 1.76. The molecular formula is C12H16ClN3O14P3S-9. The van der Waals surface area contributed by atoms with Crippen molar-refractivity contribution in [2.75, 3.05) is 6.61 Å². The molecule has 2 heterocycles. The Bertz CT molecular complexity index is 989. The van der Waals surface area contributed by atoms with E-state index in [1.807, 2.05) is 17.0 Å². The number of aromatic nitrogens is 3. The van der Waals surface area contributed by atoms with Gasteiger partial charge < -0.3 is 80.2 Å². The van der Waals surface area contributed by atoms with Crippen LogP contribution in [0.5, 0.6) is 0 Å². The van der Waals surface area contributed by atoms with Crippen molar-refractivity contribution in [1.29, 1.82) is 0 Å². The summed E-state index contributed by atoms with van der Waals surface area (Å²) >= 11 is 1.60. The first-order chi connectivity index (χ1) is 14.6. The van der Waals surface area contributed by atoms with Crippen LogP contribution in [0, 0.1) is 13.8 Å². The van der Waals surface area contributed by atoms with Gasteiger partial charge in [0.25, 0.3) is 5.56 Å². The number of thiazole rings is 1. The molecule has 0 saturated heterocycles. The zero-order chi connectivity index (χ0) is 26.6. The summed E-state index contributed by atoms with van der Waals surface area (Å²) < 4.78 is 27.7. The predicted molar refractivity (Wildman–Crippen MR) is 91.6 cm³/mol. The van der Waals surface area contributed by atoms with Gasteiger partial charge in [-0.1, -0.05) is 11.3 Å². The van der Waals surface area contributed by atoms with Crippen molar-refractivity contribution in [3.8, 4) is 0 Å². The summed E-state index contributed by atoms with van der Waals surface area (Å²) in [6.45, 7) is 4.41. The number of aliphatic hydroxyl groups excluding tert-OH is 1. The molecule has 2 aromatic rings. The summed E-state index contributed by atoms with van der Waals surface area (Å²) in [5.74, 6) is 0.622. The number of aliphatic hydroxyl groups is 1. The van der Waals surface area contributed by atoms with Gasteiger partial charge in [0.2, 0.25) is 5.51 Å². The fraction of sp³-hybridized carbons (Fsp3) is 0.417. The van der Waals surface area contributed by atoms with E-state index in [1.54, 1.807) is 24.5 Å². The highest BCUT2D eigenvalue weighted by atomic mass is 35.5. The molecule has 0 fully saturated rings. The number of hydrogen-bond acceptors (Lipinski definition) is 16. The number of aryl methyl sites for hydroxylation is 1. The van der Waals surface area contributed by atoms with E-state index in [0.29, 0.717) is 24.4 Å². The summed E-state index contributed by atoms with van der Waals surface area (Å²) in [5, 5.41) is 8.95. The Kier molecular flexibility index (Phi) is 18.5. The lowest BCUT2D eigenvalue weighted by Gasteiger charge is -2.36. The maximum Gasteiger partial charge on any atom is 0.260 e. The predicted octanol–water partition coefficient (Wildman–Crippen LogP) is -11.2. The van der Waals surface area contributed by atoms with Gasteiger partial charge in [-0.25, -0.2) is 4.98 Å². The molecule has 0 amide bonds. The van der Waals surface area contributed by atoms with Crippen LogP contribution in [0.4, 0.5) is 0 Å². The Labute approximate surface area is 202 Å². The SMILES string of the molecule is Cc1ncc(C[n+]2csc(CCO)c2C)c(=O)[nH]1.O=P([O-])([O-])[O-].O=P([O-])([O-])[O-].O=P([O-])([O-])[O-].[Cl-]. The molecule has 0 radical (unpaired) electrons. The van der Waals surface area contributed by atoms with E-state index in [1.165, 1.54) is 0 Å². The minimum atomic E-state index is -5.39. The van der Waals surface area contributed by atoms with Gasteiger partial charge in [0.15, 0.2) is 12.2 Å². The molecule has 2 rings (SSSR count). The average Bonchev–Trinajstić information content (AvgIpc) is 2.86. The molecule has 17 nitrogen and oxygen atoms in total. The Hall–Kier alpha value is -0.910. The van der Waals surface area contributed by atoms with E-state index in [-0.39, 0.29) is 24.6 Å². The standard InChI is InChI=1S/C12H15N3O2S.ClH.3H3O4P/c1-8-11(3-4-16)18-7-15(8)6-10-5-13-9(2)14-12(10)17;;3*1-5(2,3)4/h5,7,16H,3-4,6H2,1-2H3;1H;3*(H3,1,2,3,4)/p-9. The molecule has 22 heteroatoms. The Balaban J connectivity index is -0.000000496. The number of halogens is 1. The molecule has 0 aliphatic heterocycles. The molecule has 0 unspecified atom stereocenters. The van der Waals surface area contributed by atoms with Crippen molar-refractivity contribution < 1.29 is 79.8 Å². The molecule has 34 heavy (non-hydrogen) atoms. The second kappa shape index (κ2) is 16.7. The maximum absolute atomic E-state index is 11.7. The van der Waals surface area contributed by atoms with Gasteiger partial charge in [0, 0.05) is 26.1 Å². The third-order valence-corrected chi connectivity index (χ3v) is 3.98. The second-order valence-electron chi connectivity index (χ2n) is 5.50. The quantitative estimate of drug-likeness (QED) is 0.248. The Morgan fingerprint density at radius 2 is 1.38 bits per heavy atom. The second-order valence-corrected chi connectivity index (χ2v) is 9.12. The maximum atomic E-state index is 11.7. The monoisotopic (exact) mass is 586 g/mol. The van der Waals surface area contributed by atoms with E-state index >= 15 is 0 Å². The molecule has 2 aromatic heterocycles. The summed E-state index contributed by atoms with van der Waals surface area (Å²) in [4.78, 5) is 96.6. The highest BCUT2D eigenvalue weighted by Gasteiger charge is 2.16. The van der Waals surface area contributed by atoms with Gasteiger partial charge in [0.05, 0.1) is 4.88 Å². The highest BCUT2D eigenvalue weighted by Crippen LogP contribution is 2.11. The lowest BCUT2D eigenvalue weighted by Crippen LogP contribution is -3.00. The number of rotatable bonds is 4. The first-order valence-corrected chi connectivity index (χ1v) is 13.2. The average molecular weight is 587 g/mol. The third kappa shape index (κ3) is 27.3. The number of phosphoric acid groups is 3. The molecule has 0 saturated carbocycles. The molecule has 0 atom stereocenters. The number of nitrogens with one attached hydrogen (secondary N) is 1. The van der Waals surface area contributed by atoms with Gasteiger partial charge in [0.1, 0.15) is 11.4 Å². The summed E-state index contributed by atoms with van der Waals surface area (Å²) in [6.07, 6.45) is 2.27.